The first-order valence-electron chi connectivity index (χ1n) is 4.98. The Balaban J connectivity index is 2.36. The topological polar surface area (TPSA) is 59.1 Å². The predicted molar refractivity (Wildman–Crippen MR) is 84.2 cm³/mol. The summed E-state index contributed by atoms with van der Waals surface area (Å²) in [5.41, 5.74) is 0.456. The minimum Gasteiger partial charge on any atom is -0.279 e. The summed E-state index contributed by atoms with van der Waals surface area (Å²) in [7, 11) is -3.69. The van der Waals surface area contributed by atoms with Crippen molar-refractivity contribution in [2.75, 3.05) is 4.72 Å². The molecular formula is C11H7Cl2IN2O2S. The summed E-state index contributed by atoms with van der Waals surface area (Å²) in [5.74, 6) is 0. The second-order valence-corrected chi connectivity index (χ2v) is 7.21. The molecule has 0 fully saturated rings. The highest BCUT2D eigenvalue weighted by molar-refractivity contribution is 14.1. The van der Waals surface area contributed by atoms with Gasteiger partial charge in [0.15, 0.2) is 0 Å². The van der Waals surface area contributed by atoms with E-state index in [0.717, 1.165) is 0 Å². The zero-order valence-electron chi connectivity index (χ0n) is 9.27. The summed E-state index contributed by atoms with van der Waals surface area (Å²) in [5, 5.41) is 0.660. The van der Waals surface area contributed by atoms with E-state index < -0.39 is 10.0 Å². The molecule has 2 rings (SSSR count). The monoisotopic (exact) mass is 428 g/mol. The Labute approximate surface area is 134 Å². The van der Waals surface area contributed by atoms with E-state index in [2.05, 4.69) is 9.71 Å². The number of aromatic nitrogens is 1. The van der Waals surface area contributed by atoms with Gasteiger partial charge >= 0.3 is 0 Å². The van der Waals surface area contributed by atoms with Gasteiger partial charge in [-0.1, -0.05) is 23.2 Å². The van der Waals surface area contributed by atoms with Gasteiger partial charge in [-0.15, -0.1) is 0 Å². The number of pyridine rings is 1. The Morgan fingerprint density at radius 3 is 2.53 bits per heavy atom. The molecule has 0 unspecified atom stereocenters. The number of anilines is 1. The maximum Gasteiger partial charge on any atom is 0.262 e. The third-order valence-electron chi connectivity index (χ3n) is 2.18. The van der Waals surface area contributed by atoms with Crippen LogP contribution in [0.5, 0.6) is 0 Å². The van der Waals surface area contributed by atoms with E-state index in [1.54, 1.807) is 18.2 Å². The Hall–Kier alpha value is -0.570. The van der Waals surface area contributed by atoms with E-state index in [4.69, 9.17) is 23.2 Å². The lowest BCUT2D eigenvalue weighted by molar-refractivity contribution is 0.601. The Kier molecular flexibility index (Phi) is 4.54. The zero-order valence-corrected chi connectivity index (χ0v) is 13.8. The smallest absolute Gasteiger partial charge is 0.262 e. The molecule has 0 aliphatic rings. The summed E-state index contributed by atoms with van der Waals surface area (Å²) in [6.07, 6.45) is 1.34. The highest BCUT2D eigenvalue weighted by Gasteiger charge is 2.16. The maximum absolute atomic E-state index is 12.2. The molecule has 1 aromatic carbocycles. The summed E-state index contributed by atoms with van der Waals surface area (Å²) in [6.45, 7) is 0. The van der Waals surface area contributed by atoms with Gasteiger partial charge in [0.2, 0.25) is 0 Å². The van der Waals surface area contributed by atoms with Gasteiger partial charge in [0.25, 0.3) is 10.0 Å². The highest BCUT2D eigenvalue weighted by atomic mass is 127. The van der Waals surface area contributed by atoms with Crippen molar-refractivity contribution in [2.24, 2.45) is 0 Å². The number of benzene rings is 1. The molecule has 1 heterocycles. The van der Waals surface area contributed by atoms with Gasteiger partial charge in [0, 0.05) is 14.8 Å². The summed E-state index contributed by atoms with van der Waals surface area (Å²) >= 11 is 13.5. The normalized spacial score (nSPS) is 11.3. The van der Waals surface area contributed by atoms with Gasteiger partial charge < -0.3 is 0 Å². The lowest BCUT2D eigenvalue weighted by atomic mass is 10.3. The van der Waals surface area contributed by atoms with Gasteiger partial charge in [-0.2, -0.15) is 0 Å². The lowest BCUT2D eigenvalue weighted by Gasteiger charge is -2.10. The van der Waals surface area contributed by atoms with Crippen molar-refractivity contribution >= 4 is 61.5 Å². The summed E-state index contributed by atoms with van der Waals surface area (Å²) in [6, 6.07) is 7.54. The lowest BCUT2D eigenvalue weighted by Crippen LogP contribution is -2.13. The van der Waals surface area contributed by atoms with E-state index in [0.29, 0.717) is 14.3 Å². The highest BCUT2D eigenvalue weighted by Crippen LogP contribution is 2.25. The molecule has 0 bridgehead atoms. The van der Waals surface area contributed by atoms with Crippen molar-refractivity contribution in [1.29, 1.82) is 0 Å². The van der Waals surface area contributed by atoms with Crippen LogP contribution in [-0.4, -0.2) is 13.4 Å². The van der Waals surface area contributed by atoms with Crippen LogP contribution in [0.2, 0.25) is 10.2 Å². The average molecular weight is 429 g/mol. The molecule has 4 nitrogen and oxygen atoms in total. The molecule has 1 N–H and O–H groups in total. The average Bonchev–Trinajstić information content (AvgIpc) is 2.33. The van der Waals surface area contributed by atoms with E-state index >= 15 is 0 Å². The number of halogens is 3. The third-order valence-corrected chi connectivity index (χ3v) is 4.88. The molecule has 0 amide bonds. The van der Waals surface area contributed by atoms with Crippen LogP contribution in [-0.2, 0) is 10.0 Å². The Bertz CT molecular complexity index is 722. The fourth-order valence-corrected chi connectivity index (χ4v) is 3.85. The standard InChI is InChI=1S/C11H7Cl2IN2O2S/c12-7-1-2-10(9(14)5-7)16-19(17,18)8-3-4-15-11(13)6-8/h1-6,16H. The largest absolute Gasteiger partial charge is 0.279 e. The molecule has 0 atom stereocenters. The second-order valence-electron chi connectivity index (χ2n) is 3.54. The predicted octanol–water partition coefficient (Wildman–Crippen LogP) is 3.79. The van der Waals surface area contributed by atoms with Crippen molar-refractivity contribution in [3.63, 3.8) is 0 Å². The number of sulfonamides is 1. The molecule has 0 radical (unpaired) electrons. The summed E-state index contributed by atoms with van der Waals surface area (Å²) < 4.78 is 27.5. The molecule has 0 aliphatic heterocycles. The first-order chi connectivity index (χ1) is 8.88. The SMILES string of the molecule is O=S(=O)(Nc1ccc(Cl)cc1I)c1ccnc(Cl)c1. The zero-order chi connectivity index (χ0) is 14.0. The first-order valence-corrected chi connectivity index (χ1v) is 8.30. The number of nitrogens with zero attached hydrogens (tertiary/aromatic N) is 1. The van der Waals surface area contributed by atoms with Gasteiger partial charge in [-0.25, -0.2) is 13.4 Å². The van der Waals surface area contributed by atoms with E-state index in [9.17, 15) is 8.42 Å². The fraction of sp³-hybridized carbons (Fsp3) is 0. The molecule has 0 saturated heterocycles. The molecule has 19 heavy (non-hydrogen) atoms. The minimum atomic E-state index is -3.69. The van der Waals surface area contributed by atoms with Crippen LogP contribution in [0, 0.1) is 3.57 Å². The van der Waals surface area contributed by atoms with Gasteiger partial charge in [-0.3, -0.25) is 4.72 Å². The van der Waals surface area contributed by atoms with Crippen LogP contribution < -0.4 is 4.72 Å². The van der Waals surface area contributed by atoms with E-state index in [1.165, 1.54) is 18.3 Å². The quantitative estimate of drug-likeness (QED) is 0.597. The number of hydrogen-bond donors (Lipinski definition) is 1. The van der Waals surface area contributed by atoms with Crippen LogP contribution in [0.15, 0.2) is 41.4 Å². The van der Waals surface area contributed by atoms with Crippen molar-refractivity contribution in [2.45, 2.75) is 4.90 Å². The van der Waals surface area contributed by atoms with Crippen LogP contribution in [0.1, 0.15) is 0 Å². The number of hydrogen-bond acceptors (Lipinski definition) is 3. The Morgan fingerprint density at radius 1 is 1.16 bits per heavy atom. The van der Waals surface area contributed by atoms with Crippen molar-refractivity contribution in [1.82, 2.24) is 4.98 Å². The van der Waals surface area contributed by atoms with Gasteiger partial charge in [-0.05, 0) is 52.9 Å². The molecule has 8 heteroatoms. The first kappa shape index (κ1) is 14.8. The molecule has 1 aromatic heterocycles. The molecular weight excluding hydrogens is 422 g/mol. The molecule has 2 aromatic rings. The van der Waals surface area contributed by atoms with Crippen LogP contribution in [0.3, 0.4) is 0 Å². The van der Waals surface area contributed by atoms with E-state index in [1.807, 2.05) is 22.6 Å². The van der Waals surface area contributed by atoms with Crippen LogP contribution in [0.4, 0.5) is 5.69 Å². The maximum atomic E-state index is 12.2. The molecule has 0 spiro atoms. The minimum absolute atomic E-state index is 0.0539. The molecule has 100 valence electrons. The molecule has 0 saturated carbocycles. The van der Waals surface area contributed by atoms with Gasteiger partial charge in [0.1, 0.15) is 5.15 Å². The van der Waals surface area contributed by atoms with Crippen LogP contribution in [0.25, 0.3) is 0 Å². The third kappa shape index (κ3) is 3.71. The van der Waals surface area contributed by atoms with Crippen molar-refractivity contribution < 1.29 is 8.42 Å². The van der Waals surface area contributed by atoms with Crippen LogP contribution >= 0.6 is 45.8 Å². The molecule has 0 aliphatic carbocycles. The second kappa shape index (κ2) is 5.82. The van der Waals surface area contributed by atoms with Gasteiger partial charge in [0.05, 0.1) is 10.6 Å². The Morgan fingerprint density at radius 2 is 1.89 bits per heavy atom. The van der Waals surface area contributed by atoms with E-state index in [-0.39, 0.29) is 10.0 Å². The van der Waals surface area contributed by atoms with Crippen molar-refractivity contribution in [3.8, 4) is 0 Å². The fourth-order valence-electron chi connectivity index (χ4n) is 1.33. The summed E-state index contributed by atoms with van der Waals surface area (Å²) in [4.78, 5) is 3.80. The number of rotatable bonds is 3. The number of nitrogens with one attached hydrogen (secondary N) is 1. The van der Waals surface area contributed by atoms with Crippen molar-refractivity contribution in [3.05, 3.63) is 50.3 Å².